The Morgan fingerprint density at radius 1 is 1.04 bits per heavy atom. The van der Waals surface area contributed by atoms with Gasteiger partial charge in [0.25, 0.3) is 0 Å². The minimum Gasteiger partial charge on any atom is -0.493 e. The first-order valence-corrected chi connectivity index (χ1v) is 8.91. The van der Waals surface area contributed by atoms with Gasteiger partial charge in [-0.2, -0.15) is 0 Å². The molecule has 0 bridgehead atoms. The van der Waals surface area contributed by atoms with Crippen molar-refractivity contribution in [2.45, 2.75) is 44.9 Å². The third-order valence-corrected chi connectivity index (χ3v) is 4.92. The Labute approximate surface area is 148 Å². The van der Waals surface area contributed by atoms with E-state index in [1.165, 1.54) is 25.7 Å². The molecule has 0 spiro atoms. The monoisotopic (exact) mass is 345 g/mol. The van der Waals surface area contributed by atoms with Crippen LogP contribution in [0.1, 0.15) is 36.8 Å². The summed E-state index contributed by atoms with van der Waals surface area (Å²) in [4.78, 5) is 0. The lowest BCUT2D eigenvalue weighted by atomic mass is 10.1. The van der Waals surface area contributed by atoms with Crippen molar-refractivity contribution in [3.05, 3.63) is 58.6 Å². The third-order valence-electron chi connectivity index (χ3n) is 4.55. The van der Waals surface area contributed by atoms with Gasteiger partial charge in [-0.3, -0.25) is 0 Å². The summed E-state index contributed by atoms with van der Waals surface area (Å²) in [6, 6.07) is 14.4. The van der Waals surface area contributed by atoms with Gasteiger partial charge in [0.05, 0.1) is 7.11 Å². The topological polar surface area (TPSA) is 30.5 Å². The maximum absolute atomic E-state index is 6.23. The highest BCUT2D eigenvalue weighted by atomic mass is 35.5. The number of rotatable bonds is 7. The summed E-state index contributed by atoms with van der Waals surface area (Å²) in [5.41, 5.74) is 2.09. The molecule has 1 N–H and O–H groups in total. The van der Waals surface area contributed by atoms with E-state index in [-0.39, 0.29) is 0 Å². The zero-order chi connectivity index (χ0) is 16.8. The van der Waals surface area contributed by atoms with Crippen LogP contribution in [-0.4, -0.2) is 13.2 Å². The maximum Gasteiger partial charge on any atom is 0.166 e. The van der Waals surface area contributed by atoms with E-state index < -0.39 is 0 Å². The van der Waals surface area contributed by atoms with Gasteiger partial charge in [-0.15, -0.1) is 0 Å². The zero-order valence-electron chi connectivity index (χ0n) is 14.1. The van der Waals surface area contributed by atoms with Crippen molar-refractivity contribution in [3.63, 3.8) is 0 Å². The van der Waals surface area contributed by atoms with Crippen molar-refractivity contribution in [1.29, 1.82) is 0 Å². The van der Waals surface area contributed by atoms with Crippen LogP contribution >= 0.6 is 11.6 Å². The number of benzene rings is 2. The molecule has 2 aromatic carbocycles. The Morgan fingerprint density at radius 2 is 1.79 bits per heavy atom. The molecule has 2 aromatic rings. The lowest BCUT2D eigenvalue weighted by Crippen LogP contribution is -2.25. The van der Waals surface area contributed by atoms with Crippen LogP contribution in [0.5, 0.6) is 11.5 Å². The zero-order valence-corrected chi connectivity index (χ0v) is 14.8. The first-order chi connectivity index (χ1) is 11.8. The van der Waals surface area contributed by atoms with E-state index in [2.05, 4.69) is 11.4 Å². The average molecular weight is 346 g/mol. The summed E-state index contributed by atoms with van der Waals surface area (Å²) in [6.07, 6.45) is 5.18. The van der Waals surface area contributed by atoms with Crippen LogP contribution in [0.15, 0.2) is 42.5 Å². The highest BCUT2D eigenvalue weighted by Gasteiger charge is 2.16. The first-order valence-electron chi connectivity index (χ1n) is 8.53. The molecule has 3 nitrogen and oxygen atoms in total. The summed E-state index contributed by atoms with van der Waals surface area (Å²) < 4.78 is 11.6. The molecule has 1 saturated carbocycles. The Morgan fingerprint density at radius 3 is 2.54 bits per heavy atom. The Bertz CT molecular complexity index is 668. The number of methoxy groups -OCH3 is 1. The summed E-state index contributed by atoms with van der Waals surface area (Å²) in [6.45, 7) is 1.22. The second-order valence-electron chi connectivity index (χ2n) is 6.19. The van der Waals surface area contributed by atoms with Gasteiger partial charge in [0.1, 0.15) is 6.61 Å². The molecular formula is C20H24ClNO2. The molecule has 4 heteroatoms. The van der Waals surface area contributed by atoms with Crippen LogP contribution in [0.25, 0.3) is 0 Å². The molecule has 1 aliphatic rings. The van der Waals surface area contributed by atoms with Gasteiger partial charge in [-0.05, 0) is 25.0 Å². The molecule has 0 saturated heterocycles. The fourth-order valence-electron chi connectivity index (χ4n) is 3.17. The predicted molar refractivity (Wildman–Crippen MR) is 97.9 cm³/mol. The SMILES string of the molecule is COc1cccc(CNC2CCCC2)c1OCc1ccccc1Cl. The van der Waals surface area contributed by atoms with E-state index in [1.807, 2.05) is 36.4 Å². The van der Waals surface area contributed by atoms with Crippen molar-refractivity contribution in [2.75, 3.05) is 7.11 Å². The molecule has 0 aromatic heterocycles. The fraction of sp³-hybridized carbons (Fsp3) is 0.400. The number of nitrogens with one attached hydrogen (secondary N) is 1. The molecule has 0 atom stereocenters. The van der Waals surface area contributed by atoms with Gasteiger partial charge in [0.15, 0.2) is 11.5 Å². The molecule has 24 heavy (non-hydrogen) atoms. The minimum atomic E-state index is 0.427. The quantitative estimate of drug-likeness (QED) is 0.769. The highest BCUT2D eigenvalue weighted by molar-refractivity contribution is 6.31. The minimum absolute atomic E-state index is 0.427. The number of halogens is 1. The van der Waals surface area contributed by atoms with Crippen LogP contribution in [0.2, 0.25) is 5.02 Å². The van der Waals surface area contributed by atoms with Gasteiger partial charge in [-0.1, -0.05) is 54.8 Å². The number of hydrogen-bond donors (Lipinski definition) is 1. The standard InChI is InChI=1S/C20H24ClNO2/c1-23-19-12-6-8-15(13-22-17-9-3-4-10-17)20(19)24-14-16-7-2-5-11-18(16)21/h2,5-8,11-12,17,22H,3-4,9-10,13-14H2,1H3. The van der Waals surface area contributed by atoms with E-state index in [0.717, 1.165) is 34.2 Å². The molecular weight excluding hydrogens is 322 g/mol. The second-order valence-corrected chi connectivity index (χ2v) is 6.60. The number of hydrogen-bond acceptors (Lipinski definition) is 3. The summed E-state index contributed by atoms with van der Waals surface area (Å²) in [7, 11) is 1.67. The van der Waals surface area contributed by atoms with Gasteiger partial charge < -0.3 is 14.8 Å². The third kappa shape index (κ3) is 4.22. The van der Waals surface area contributed by atoms with Gasteiger partial charge in [0, 0.05) is 28.7 Å². The van der Waals surface area contributed by atoms with E-state index in [4.69, 9.17) is 21.1 Å². The van der Waals surface area contributed by atoms with Gasteiger partial charge >= 0.3 is 0 Å². The van der Waals surface area contributed by atoms with Crippen LogP contribution in [0.3, 0.4) is 0 Å². The highest BCUT2D eigenvalue weighted by Crippen LogP contribution is 2.32. The first kappa shape index (κ1) is 17.1. The molecule has 0 aliphatic heterocycles. The molecule has 3 rings (SSSR count). The Kier molecular flexibility index (Phi) is 6.00. The van der Waals surface area contributed by atoms with E-state index in [9.17, 15) is 0 Å². The van der Waals surface area contributed by atoms with Gasteiger partial charge in [-0.25, -0.2) is 0 Å². The molecule has 0 unspecified atom stereocenters. The summed E-state index contributed by atoms with van der Waals surface area (Å²) in [5.74, 6) is 1.55. The number of ether oxygens (including phenoxy) is 2. The second kappa shape index (κ2) is 8.41. The van der Waals surface area contributed by atoms with Crippen molar-refractivity contribution in [2.24, 2.45) is 0 Å². The van der Waals surface area contributed by atoms with Crippen molar-refractivity contribution < 1.29 is 9.47 Å². The molecule has 1 fully saturated rings. The van der Waals surface area contributed by atoms with Crippen molar-refractivity contribution in [1.82, 2.24) is 5.32 Å². The smallest absolute Gasteiger partial charge is 0.166 e. The van der Waals surface area contributed by atoms with E-state index in [1.54, 1.807) is 7.11 Å². The fourth-order valence-corrected chi connectivity index (χ4v) is 3.36. The lowest BCUT2D eigenvalue weighted by molar-refractivity contribution is 0.280. The molecule has 0 heterocycles. The maximum atomic E-state index is 6.23. The van der Waals surface area contributed by atoms with Crippen LogP contribution in [0.4, 0.5) is 0 Å². The van der Waals surface area contributed by atoms with Crippen LogP contribution < -0.4 is 14.8 Å². The molecule has 0 radical (unpaired) electrons. The Balaban J connectivity index is 1.73. The predicted octanol–water partition coefficient (Wildman–Crippen LogP) is 4.96. The van der Waals surface area contributed by atoms with Crippen molar-refractivity contribution in [3.8, 4) is 11.5 Å². The summed E-state index contributed by atoms with van der Waals surface area (Å²) >= 11 is 6.23. The largest absolute Gasteiger partial charge is 0.493 e. The molecule has 1 aliphatic carbocycles. The molecule has 128 valence electrons. The summed E-state index contributed by atoms with van der Waals surface area (Å²) in [5, 5.41) is 4.36. The van der Waals surface area contributed by atoms with Gasteiger partial charge in [0.2, 0.25) is 0 Å². The van der Waals surface area contributed by atoms with E-state index >= 15 is 0 Å². The molecule has 0 amide bonds. The van der Waals surface area contributed by atoms with Crippen molar-refractivity contribution >= 4 is 11.6 Å². The lowest BCUT2D eigenvalue weighted by Gasteiger charge is -2.18. The normalized spacial score (nSPS) is 14.8. The number of para-hydroxylation sites is 1. The Hall–Kier alpha value is -1.71. The van der Waals surface area contributed by atoms with Crippen LogP contribution in [0, 0.1) is 0 Å². The van der Waals surface area contributed by atoms with Crippen LogP contribution in [-0.2, 0) is 13.2 Å². The van der Waals surface area contributed by atoms with E-state index in [0.29, 0.717) is 12.6 Å². The average Bonchev–Trinajstić information content (AvgIpc) is 3.13.